The maximum Gasteiger partial charge on any atom is 0.127 e. The lowest BCUT2D eigenvalue weighted by molar-refractivity contribution is 0.280. The molecule has 1 aliphatic rings. The van der Waals surface area contributed by atoms with Crippen LogP contribution in [0.1, 0.15) is 43.9 Å². The topological polar surface area (TPSA) is 9.23 Å². The molecule has 0 spiro atoms. The minimum atomic E-state index is 0.108. The summed E-state index contributed by atoms with van der Waals surface area (Å²) in [6, 6.07) is 2.17. The molecule has 1 aromatic rings. The summed E-state index contributed by atoms with van der Waals surface area (Å²) in [7, 11) is 0. The van der Waals surface area contributed by atoms with Gasteiger partial charge in [-0.2, -0.15) is 0 Å². The van der Waals surface area contributed by atoms with Crippen LogP contribution in [0.4, 0.5) is 0 Å². The van der Waals surface area contributed by atoms with E-state index in [1.165, 1.54) is 11.1 Å². The molecule has 0 radical (unpaired) electrons. The second-order valence-corrected chi connectivity index (χ2v) is 5.94. The van der Waals surface area contributed by atoms with Gasteiger partial charge in [0.25, 0.3) is 0 Å². The molecule has 0 atom stereocenters. The zero-order valence-corrected chi connectivity index (χ0v) is 11.2. The van der Waals surface area contributed by atoms with E-state index in [4.69, 9.17) is 16.3 Å². The second kappa shape index (κ2) is 3.96. The second-order valence-electron chi connectivity index (χ2n) is 5.56. The van der Waals surface area contributed by atoms with Gasteiger partial charge in [0.1, 0.15) is 5.75 Å². The molecular formula is C14H19ClO. The molecule has 0 amide bonds. The molecule has 2 heteroatoms. The van der Waals surface area contributed by atoms with Crippen molar-refractivity contribution in [3.05, 3.63) is 27.8 Å². The molecule has 0 N–H and O–H groups in total. The number of rotatable bonds is 0. The highest BCUT2D eigenvalue weighted by atomic mass is 35.5. The third-order valence-electron chi connectivity index (χ3n) is 3.12. The predicted molar refractivity (Wildman–Crippen MR) is 68.7 cm³/mol. The average Bonchev–Trinajstić information content (AvgIpc) is 2.22. The minimum Gasteiger partial charge on any atom is -0.493 e. The van der Waals surface area contributed by atoms with Gasteiger partial charge in [0.05, 0.1) is 11.6 Å². The van der Waals surface area contributed by atoms with Gasteiger partial charge < -0.3 is 4.74 Å². The first-order chi connectivity index (χ1) is 7.41. The molecule has 1 heterocycles. The van der Waals surface area contributed by atoms with Gasteiger partial charge in [-0.3, -0.25) is 0 Å². The monoisotopic (exact) mass is 238 g/mol. The molecule has 0 saturated heterocycles. The van der Waals surface area contributed by atoms with E-state index in [2.05, 4.69) is 33.8 Å². The van der Waals surface area contributed by atoms with Crippen LogP contribution >= 0.6 is 11.6 Å². The first-order valence-corrected chi connectivity index (χ1v) is 6.24. The molecule has 0 aromatic heterocycles. The smallest absolute Gasteiger partial charge is 0.127 e. The van der Waals surface area contributed by atoms with E-state index in [0.29, 0.717) is 0 Å². The fourth-order valence-electron chi connectivity index (χ4n) is 2.21. The fraction of sp³-hybridized carbons (Fsp3) is 0.571. The third kappa shape index (κ3) is 1.93. The van der Waals surface area contributed by atoms with Crippen molar-refractivity contribution in [2.75, 3.05) is 6.61 Å². The van der Waals surface area contributed by atoms with E-state index < -0.39 is 0 Å². The van der Waals surface area contributed by atoms with Gasteiger partial charge in [-0.15, -0.1) is 0 Å². The van der Waals surface area contributed by atoms with Crippen LogP contribution in [0.15, 0.2) is 6.07 Å². The van der Waals surface area contributed by atoms with Gasteiger partial charge in [-0.25, -0.2) is 0 Å². The molecule has 1 nitrogen and oxygen atoms in total. The predicted octanol–water partition coefficient (Wildman–Crippen LogP) is 4.27. The Morgan fingerprint density at radius 1 is 1.31 bits per heavy atom. The zero-order valence-electron chi connectivity index (χ0n) is 10.5. The lowest BCUT2D eigenvalue weighted by atomic mass is 9.83. The Morgan fingerprint density at radius 2 is 2.00 bits per heavy atom. The Hall–Kier alpha value is -0.690. The lowest BCUT2D eigenvalue weighted by Crippen LogP contribution is -2.19. The highest BCUT2D eigenvalue weighted by Gasteiger charge is 2.26. The lowest BCUT2D eigenvalue weighted by Gasteiger charge is -2.29. The fourth-order valence-corrected chi connectivity index (χ4v) is 2.45. The molecular weight excluding hydrogens is 220 g/mol. The standard InChI is InChI=1S/C14H19ClO/c1-9-8-11(14(2,3)4)13-10(12(9)15)6-5-7-16-13/h8H,5-7H2,1-4H3. The van der Waals surface area contributed by atoms with Crippen LogP contribution in [0, 0.1) is 6.92 Å². The van der Waals surface area contributed by atoms with Gasteiger partial charge in [-0.05, 0) is 30.7 Å². The summed E-state index contributed by atoms with van der Waals surface area (Å²) in [5, 5.41) is 0.891. The molecule has 0 aliphatic carbocycles. The minimum absolute atomic E-state index is 0.108. The summed E-state index contributed by atoms with van der Waals surface area (Å²) in [5.41, 5.74) is 3.76. The van der Waals surface area contributed by atoms with E-state index in [-0.39, 0.29) is 5.41 Å². The van der Waals surface area contributed by atoms with Crippen LogP contribution in [0.5, 0.6) is 5.75 Å². The van der Waals surface area contributed by atoms with Gasteiger partial charge in [0, 0.05) is 11.1 Å². The van der Waals surface area contributed by atoms with E-state index in [1.807, 2.05) is 0 Å². The Balaban J connectivity index is 2.67. The van der Waals surface area contributed by atoms with Gasteiger partial charge >= 0.3 is 0 Å². The molecule has 0 fully saturated rings. The quantitative estimate of drug-likeness (QED) is 0.656. The summed E-state index contributed by atoms with van der Waals surface area (Å²) < 4.78 is 5.83. The van der Waals surface area contributed by atoms with Crippen LogP contribution in [-0.4, -0.2) is 6.61 Å². The SMILES string of the molecule is Cc1cc(C(C)(C)C)c2c(c1Cl)CCCO2. The van der Waals surface area contributed by atoms with Crippen molar-refractivity contribution >= 4 is 11.6 Å². The van der Waals surface area contributed by atoms with Crippen LogP contribution in [0.3, 0.4) is 0 Å². The first-order valence-electron chi connectivity index (χ1n) is 5.86. The number of benzene rings is 1. The van der Waals surface area contributed by atoms with Crippen molar-refractivity contribution in [2.45, 2.75) is 46.0 Å². The van der Waals surface area contributed by atoms with Crippen LogP contribution in [-0.2, 0) is 11.8 Å². The number of halogens is 1. The summed E-state index contributed by atoms with van der Waals surface area (Å²) in [5.74, 6) is 1.04. The maximum absolute atomic E-state index is 6.35. The Labute approximate surface area is 103 Å². The number of fused-ring (bicyclic) bond motifs is 1. The molecule has 1 aromatic carbocycles. The number of hydrogen-bond donors (Lipinski definition) is 0. The first kappa shape index (κ1) is 11.8. The number of aryl methyl sites for hydroxylation is 1. The molecule has 88 valence electrons. The Kier molecular flexibility index (Phi) is 2.91. The molecule has 1 aliphatic heterocycles. The largest absolute Gasteiger partial charge is 0.493 e. The average molecular weight is 239 g/mol. The molecule has 0 saturated carbocycles. The molecule has 16 heavy (non-hydrogen) atoms. The van der Waals surface area contributed by atoms with Crippen molar-refractivity contribution in [3.63, 3.8) is 0 Å². The molecule has 0 unspecified atom stereocenters. The van der Waals surface area contributed by atoms with E-state index in [0.717, 1.165) is 35.8 Å². The van der Waals surface area contributed by atoms with Crippen LogP contribution < -0.4 is 4.74 Å². The summed E-state index contributed by atoms with van der Waals surface area (Å²) in [4.78, 5) is 0. The van der Waals surface area contributed by atoms with E-state index in [9.17, 15) is 0 Å². The highest BCUT2D eigenvalue weighted by Crippen LogP contribution is 2.41. The zero-order chi connectivity index (χ0) is 11.9. The van der Waals surface area contributed by atoms with E-state index in [1.54, 1.807) is 0 Å². The highest BCUT2D eigenvalue weighted by molar-refractivity contribution is 6.32. The number of hydrogen-bond acceptors (Lipinski definition) is 1. The Bertz CT molecular complexity index is 416. The summed E-state index contributed by atoms with van der Waals surface area (Å²) in [6.07, 6.45) is 2.11. The van der Waals surface area contributed by atoms with Crippen molar-refractivity contribution in [1.82, 2.24) is 0 Å². The Morgan fingerprint density at radius 3 is 2.62 bits per heavy atom. The normalized spacial score (nSPS) is 15.6. The van der Waals surface area contributed by atoms with Gasteiger partial charge in [0.15, 0.2) is 0 Å². The van der Waals surface area contributed by atoms with Gasteiger partial charge in [0.2, 0.25) is 0 Å². The van der Waals surface area contributed by atoms with Crippen molar-refractivity contribution in [1.29, 1.82) is 0 Å². The van der Waals surface area contributed by atoms with Crippen LogP contribution in [0.2, 0.25) is 5.02 Å². The van der Waals surface area contributed by atoms with Crippen molar-refractivity contribution in [2.24, 2.45) is 0 Å². The molecule has 2 rings (SSSR count). The van der Waals surface area contributed by atoms with Crippen molar-refractivity contribution < 1.29 is 4.74 Å². The van der Waals surface area contributed by atoms with Crippen molar-refractivity contribution in [3.8, 4) is 5.75 Å². The maximum atomic E-state index is 6.35. The van der Waals surface area contributed by atoms with Crippen LogP contribution in [0.25, 0.3) is 0 Å². The summed E-state index contributed by atoms with van der Waals surface area (Å²) in [6.45, 7) is 9.54. The van der Waals surface area contributed by atoms with E-state index >= 15 is 0 Å². The van der Waals surface area contributed by atoms with Gasteiger partial charge in [-0.1, -0.05) is 38.4 Å². The molecule has 0 bridgehead atoms. The third-order valence-corrected chi connectivity index (χ3v) is 3.64. The summed E-state index contributed by atoms with van der Waals surface area (Å²) >= 11 is 6.35. The number of ether oxygens (including phenoxy) is 1.